The van der Waals surface area contributed by atoms with Gasteiger partial charge in [-0.15, -0.1) is 0 Å². The quantitative estimate of drug-likeness (QED) is 0.379. The van der Waals surface area contributed by atoms with Crippen LogP contribution in [0.2, 0.25) is 0 Å². The number of nitrogens with one attached hydrogen (secondary N) is 1. The molecule has 0 radical (unpaired) electrons. The molecule has 4 rings (SSSR count). The predicted octanol–water partition coefficient (Wildman–Crippen LogP) is 5.14. The van der Waals surface area contributed by atoms with Gasteiger partial charge in [0, 0.05) is 13.0 Å². The highest BCUT2D eigenvalue weighted by Crippen LogP contribution is 2.44. The molecule has 0 aliphatic heterocycles. The van der Waals surface area contributed by atoms with Crippen molar-refractivity contribution in [2.45, 2.75) is 38.8 Å². The van der Waals surface area contributed by atoms with Crippen LogP contribution in [-0.4, -0.2) is 49.1 Å². The first-order valence-electron chi connectivity index (χ1n) is 12.9. The largest absolute Gasteiger partial charge is 0.459 e. The number of carbonyl (C=O) groups excluding carboxylic acids is 3. The van der Waals surface area contributed by atoms with Crippen LogP contribution in [0.5, 0.6) is 0 Å². The van der Waals surface area contributed by atoms with Crippen LogP contribution >= 0.6 is 0 Å². The molecule has 0 saturated heterocycles. The van der Waals surface area contributed by atoms with Crippen LogP contribution in [0.3, 0.4) is 0 Å². The first-order valence-corrected chi connectivity index (χ1v) is 12.9. The Bertz CT molecular complexity index is 1230. The van der Waals surface area contributed by atoms with Crippen molar-refractivity contribution in [1.82, 2.24) is 10.2 Å². The van der Waals surface area contributed by atoms with Gasteiger partial charge in [-0.3, -0.25) is 4.79 Å². The second kappa shape index (κ2) is 12.4. The van der Waals surface area contributed by atoms with Crippen LogP contribution in [0.1, 0.15) is 42.9 Å². The van der Waals surface area contributed by atoms with Gasteiger partial charge in [0.05, 0.1) is 0 Å². The lowest BCUT2D eigenvalue weighted by Gasteiger charge is -2.24. The van der Waals surface area contributed by atoms with Crippen molar-refractivity contribution in [3.63, 3.8) is 0 Å². The second-order valence-corrected chi connectivity index (χ2v) is 9.68. The molecule has 0 bridgehead atoms. The van der Waals surface area contributed by atoms with Gasteiger partial charge in [0.15, 0.2) is 0 Å². The summed E-state index contributed by atoms with van der Waals surface area (Å²) in [5.41, 5.74) is 5.39. The first-order chi connectivity index (χ1) is 18.4. The van der Waals surface area contributed by atoms with Crippen LogP contribution in [0.4, 0.5) is 4.79 Å². The van der Waals surface area contributed by atoms with Crippen molar-refractivity contribution < 1.29 is 23.9 Å². The lowest BCUT2D eigenvalue weighted by Crippen LogP contribution is -2.49. The summed E-state index contributed by atoms with van der Waals surface area (Å²) in [5.74, 6) is -1.16. The molecule has 3 aromatic carbocycles. The zero-order valence-electron chi connectivity index (χ0n) is 22.1. The molecule has 198 valence electrons. The molecule has 0 unspecified atom stereocenters. The average molecular weight is 515 g/mol. The third-order valence-corrected chi connectivity index (χ3v) is 7.04. The van der Waals surface area contributed by atoms with Crippen LogP contribution in [0.15, 0.2) is 78.9 Å². The first kappa shape index (κ1) is 26.9. The van der Waals surface area contributed by atoms with Gasteiger partial charge in [0.2, 0.25) is 5.91 Å². The lowest BCUT2D eigenvalue weighted by atomic mass is 9.98. The molecule has 3 aromatic rings. The number of carbonyl (C=O) groups is 3. The summed E-state index contributed by atoms with van der Waals surface area (Å²) in [6, 6.07) is 24.8. The van der Waals surface area contributed by atoms with E-state index in [1.165, 1.54) is 11.9 Å². The van der Waals surface area contributed by atoms with Crippen molar-refractivity contribution >= 4 is 18.0 Å². The number of benzene rings is 3. The maximum atomic E-state index is 12.8. The fraction of sp³-hybridized carbons (Fsp3) is 0.323. The Morgan fingerprint density at radius 1 is 0.868 bits per heavy atom. The fourth-order valence-corrected chi connectivity index (χ4v) is 4.69. The number of fused-ring (bicyclic) bond motifs is 3. The SMILES string of the molecule is CC[C@H](C)[C@H](NC(=O)CN(C)C(=O)OCC1c2ccccc2-c2ccccc21)C(=O)OCc1ccccc1. The number of likely N-dealkylation sites (N-methyl/N-ethyl adjacent to an activating group) is 1. The van der Waals surface area contributed by atoms with E-state index in [1.54, 1.807) is 0 Å². The summed E-state index contributed by atoms with van der Waals surface area (Å²) in [5, 5.41) is 2.75. The van der Waals surface area contributed by atoms with Gasteiger partial charge in [0.1, 0.15) is 25.8 Å². The van der Waals surface area contributed by atoms with Crippen molar-refractivity contribution in [2.24, 2.45) is 5.92 Å². The summed E-state index contributed by atoms with van der Waals surface area (Å²) in [7, 11) is 1.50. The third-order valence-electron chi connectivity index (χ3n) is 7.04. The van der Waals surface area contributed by atoms with E-state index in [0.29, 0.717) is 6.42 Å². The Kier molecular flexibility index (Phi) is 8.79. The van der Waals surface area contributed by atoms with E-state index in [4.69, 9.17) is 9.47 Å². The van der Waals surface area contributed by atoms with Gasteiger partial charge in [0.25, 0.3) is 0 Å². The van der Waals surface area contributed by atoms with Gasteiger partial charge in [-0.2, -0.15) is 0 Å². The van der Waals surface area contributed by atoms with E-state index in [-0.39, 0.29) is 31.6 Å². The van der Waals surface area contributed by atoms with Gasteiger partial charge in [-0.25, -0.2) is 9.59 Å². The number of esters is 1. The van der Waals surface area contributed by atoms with Crippen molar-refractivity contribution in [3.8, 4) is 11.1 Å². The molecular formula is C31H34N2O5. The molecule has 2 amide bonds. The summed E-state index contributed by atoms with van der Waals surface area (Å²) in [6.45, 7) is 3.87. The highest BCUT2D eigenvalue weighted by atomic mass is 16.6. The van der Waals surface area contributed by atoms with E-state index < -0.39 is 24.0 Å². The van der Waals surface area contributed by atoms with E-state index in [2.05, 4.69) is 29.6 Å². The van der Waals surface area contributed by atoms with E-state index >= 15 is 0 Å². The van der Waals surface area contributed by atoms with Crippen molar-refractivity contribution in [2.75, 3.05) is 20.2 Å². The molecular weight excluding hydrogens is 480 g/mol. The highest BCUT2D eigenvalue weighted by Gasteiger charge is 2.31. The lowest BCUT2D eigenvalue weighted by molar-refractivity contribution is -0.150. The monoisotopic (exact) mass is 514 g/mol. The van der Waals surface area contributed by atoms with Gasteiger partial charge < -0.3 is 19.7 Å². The van der Waals surface area contributed by atoms with Gasteiger partial charge in [-0.1, -0.05) is 99.1 Å². The number of nitrogens with zero attached hydrogens (tertiary/aromatic N) is 1. The smallest absolute Gasteiger partial charge is 0.409 e. The second-order valence-electron chi connectivity index (χ2n) is 9.68. The molecule has 0 saturated carbocycles. The van der Waals surface area contributed by atoms with E-state index in [0.717, 1.165) is 27.8 Å². The summed E-state index contributed by atoms with van der Waals surface area (Å²) >= 11 is 0. The molecule has 2 atom stereocenters. The number of rotatable bonds is 10. The van der Waals surface area contributed by atoms with Crippen LogP contribution in [0, 0.1) is 5.92 Å². The Hall–Kier alpha value is -4.13. The van der Waals surface area contributed by atoms with Crippen molar-refractivity contribution in [3.05, 3.63) is 95.6 Å². The standard InChI is InChI=1S/C31H34N2O5/c1-4-21(2)29(30(35)37-19-22-12-6-5-7-13-22)32-28(34)18-33(3)31(36)38-20-27-25-16-10-8-14-23(25)24-15-9-11-17-26(24)27/h5-17,21,27,29H,4,18-20H2,1-3H3,(H,32,34)/t21-,29-/m0/s1. The Labute approximate surface area is 223 Å². The minimum atomic E-state index is -0.813. The molecule has 7 heteroatoms. The van der Waals surface area contributed by atoms with Gasteiger partial charge in [-0.05, 0) is 33.7 Å². The summed E-state index contributed by atoms with van der Waals surface area (Å²) in [4.78, 5) is 39.5. The van der Waals surface area contributed by atoms with Crippen LogP contribution in [-0.2, 0) is 25.7 Å². The molecule has 0 heterocycles. The maximum absolute atomic E-state index is 12.8. The highest BCUT2D eigenvalue weighted by molar-refractivity contribution is 5.87. The fourth-order valence-electron chi connectivity index (χ4n) is 4.69. The minimum Gasteiger partial charge on any atom is -0.459 e. The van der Waals surface area contributed by atoms with Crippen LogP contribution < -0.4 is 5.32 Å². The van der Waals surface area contributed by atoms with Crippen LogP contribution in [0.25, 0.3) is 11.1 Å². The molecule has 1 aliphatic carbocycles. The zero-order chi connectivity index (χ0) is 27.1. The molecule has 7 nitrogen and oxygen atoms in total. The number of ether oxygens (including phenoxy) is 2. The Morgan fingerprint density at radius 2 is 1.45 bits per heavy atom. The zero-order valence-corrected chi connectivity index (χ0v) is 22.1. The molecule has 0 spiro atoms. The van der Waals surface area contributed by atoms with E-state index in [9.17, 15) is 14.4 Å². The number of hydrogen-bond donors (Lipinski definition) is 1. The van der Waals surface area contributed by atoms with Gasteiger partial charge >= 0.3 is 12.1 Å². The summed E-state index contributed by atoms with van der Waals surface area (Å²) in [6.07, 6.45) is 0.0712. The minimum absolute atomic E-state index is 0.0669. The molecule has 0 aromatic heterocycles. The maximum Gasteiger partial charge on any atom is 0.409 e. The number of hydrogen-bond acceptors (Lipinski definition) is 5. The Morgan fingerprint density at radius 3 is 2.05 bits per heavy atom. The van der Waals surface area contributed by atoms with Crippen molar-refractivity contribution in [1.29, 1.82) is 0 Å². The third kappa shape index (κ3) is 6.22. The van der Waals surface area contributed by atoms with E-state index in [1.807, 2.05) is 68.4 Å². The molecule has 1 N–H and O–H groups in total. The molecule has 38 heavy (non-hydrogen) atoms. The molecule has 1 aliphatic rings. The molecule has 0 fully saturated rings. The topological polar surface area (TPSA) is 84.9 Å². The number of amides is 2. The average Bonchev–Trinajstić information content (AvgIpc) is 3.27. The normalized spacial score (nSPS) is 13.6. The summed E-state index contributed by atoms with van der Waals surface area (Å²) < 4.78 is 11.1. The Balaban J connectivity index is 1.31. The predicted molar refractivity (Wildman–Crippen MR) is 145 cm³/mol.